The molecule has 0 bridgehead atoms. The summed E-state index contributed by atoms with van der Waals surface area (Å²) in [4.78, 5) is 0. The van der Waals surface area contributed by atoms with Gasteiger partial charge in [-0.2, -0.15) is 5.26 Å². The Morgan fingerprint density at radius 3 is 2.31 bits per heavy atom. The lowest BCUT2D eigenvalue weighted by Crippen LogP contribution is -2.12. The van der Waals surface area contributed by atoms with Gasteiger partial charge in [0.05, 0.1) is 0 Å². The van der Waals surface area contributed by atoms with Gasteiger partial charge in [0, 0.05) is 6.04 Å². The normalized spacial score (nSPS) is 13.9. The minimum absolute atomic E-state index is 0.0759. The van der Waals surface area contributed by atoms with E-state index in [0.29, 0.717) is 6.42 Å². The number of hydrogen-bond donors (Lipinski definition) is 1. The first kappa shape index (κ1) is 12.5. The van der Waals surface area contributed by atoms with E-state index in [2.05, 4.69) is 13.0 Å². The first-order valence-electron chi connectivity index (χ1n) is 5.63. The van der Waals surface area contributed by atoms with Crippen molar-refractivity contribution < 1.29 is 4.74 Å². The van der Waals surface area contributed by atoms with Crippen LogP contribution in [0, 0.1) is 11.3 Å². The molecule has 16 heavy (non-hydrogen) atoms. The number of hydrogen-bond acceptors (Lipinski definition) is 3. The van der Waals surface area contributed by atoms with Crippen LogP contribution in [0.2, 0.25) is 0 Å². The molecular weight excluding hydrogens is 200 g/mol. The van der Waals surface area contributed by atoms with Crippen LogP contribution in [0.5, 0.6) is 5.75 Å². The molecule has 0 fully saturated rings. The van der Waals surface area contributed by atoms with Gasteiger partial charge in [0.15, 0.2) is 6.10 Å². The zero-order chi connectivity index (χ0) is 12.0. The molecule has 2 atom stereocenters. The van der Waals surface area contributed by atoms with Gasteiger partial charge in [-0.15, -0.1) is 0 Å². The maximum atomic E-state index is 8.77. The first-order chi connectivity index (χ1) is 7.71. The molecule has 0 spiro atoms. The molecule has 86 valence electrons. The van der Waals surface area contributed by atoms with Gasteiger partial charge in [0.1, 0.15) is 11.8 Å². The van der Waals surface area contributed by atoms with Gasteiger partial charge in [-0.25, -0.2) is 0 Å². The summed E-state index contributed by atoms with van der Waals surface area (Å²) in [6.45, 7) is 3.98. The summed E-state index contributed by atoms with van der Waals surface area (Å²) in [5.74, 6) is 0.723. The predicted molar refractivity (Wildman–Crippen MR) is 64.0 cm³/mol. The maximum absolute atomic E-state index is 8.77. The largest absolute Gasteiger partial charge is 0.476 e. The lowest BCUT2D eigenvalue weighted by Gasteiger charge is -2.12. The highest BCUT2D eigenvalue weighted by Crippen LogP contribution is 2.19. The van der Waals surface area contributed by atoms with E-state index in [0.717, 1.165) is 17.7 Å². The number of rotatable bonds is 5. The van der Waals surface area contributed by atoms with Crippen LogP contribution in [0.3, 0.4) is 0 Å². The lowest BCUT2D eigenvalue weighted by atomic mass is 10.1. The van der Waals surface area contributed by atoms with Gasteiger partial charge in [-0.1, -0.05) is 26.0 Å². The molecule has 0 saturated heterocycles. The summed E-state index contributed by atoms with van der Waals surface area (Å²) in [5, 5.41) is 8.77. The van der Waals surface area contributed by atoms with Crippen LogP contribution < -0.4 is 10.5 Å². The van der Waals surface area contributed by atoms with Crippen LogP contribution in [0.15, 0.2) is 24.3 Å². The molecule has 0 radical (unpaired) electrons. The first-order valence-corrected chi connectivity index (χ1v) is 5.63. The van der Waals surface area contributed by atoms with Crippen molar-refractivity contribution in [3.63, 3.8) is 0 Å². The van der Waals surface area contributed by atoms with E-state index in [1.807, 2.05) is 31.2 Å². The Labute approximate surface area is 96.8 Å². The van der Waals surface area contributed by atoms with Crippen molar-refractivity contribution in [3.8, 4) is 11.8 Å². The van der Waals surface area contributed by atoms with Gasteiger partial charge in [-0.3, -0.25) is 0 Å². The number of nitriles is 1. The summed E-state index contributed by atoms with van der Waals surface area (Å²) < 4.78 is 5.48. The number of nitrogens with two attached hydrogens (primary N) is 1. The molecular formula is C13H18N2O. The second-order valence-corrected chi connectivity index (χ2v) is 3.73. The fourth-order valence-corrected chi connectivity index (χ4v) is 1.39. The van der Waals surface area contributed by atoms with Crippen molar-refractivity contribution in [2.45, 2.75) is 38.8 Å². The summed E-state index contributed by atoms with van der Waals surface area (Å²) in [6.07, 6.45) is 1.23. The molecule has 2 N–H and O–H groups in total. The van der Waals surface area contributed by atoms with Crippen LogP contribution in [-0.4, -0.2) is 6.10 Å². The highest BCUT2D eigenvalue weighted by atomic mass is 16.5. The second-order valence-electron chi connectivity index (χ2n) is 3.73. The molecule has 0 saturated carbocycles. The number of ether oxygens (including phenoxy) is 1. The Morgan fingerprint density at radius 1 is 1.25 bits per heavy atom. The molecule has 1 unspecified atom stereocenters. The molecule has 0 amide bonds. The molecule has 3 nitrogen and oxygen atoms in total. The second kappa shape index (κ2) is 6.14. The van der Waals surface area contributed by atoms with Crippen LogP contribution in [-0.2, 0) is 0 Å². The van der Waals surface area contributed by atoms with Crippen molar-refractivity contribution in [1.29, 1.82) is 5.26 Å². The van der Waals surface area contributed by atoms with Gasteiger partial charge >= 0.3 is 0 Å². The van der Waals surface area contributed by atoms with E-state index in [-0.39, 0.29) is 12.1 Å². The van der Waals surface area contributed by atoms with E-state index in [9.17, 15) is 0 Å². The topological polar surface area (TPSA) is 59.0 Å². The SMILES string of the molecule is CCC(C#N)Oc1ccc([C@@H](N)CC)cc1. The van der Waals surface area contributed by atoms with Gasteiger partial charge in [0.2, 0.25) is 0 Å². The lowest BCUT2D eigenvalue weighted by molar-refractivity contribution is 0.252. The van der Waals surface area contributed by atoms with Crippen LogP contribution in [0.1, 0.15) is 38.3 Å². The Balaban J connectivity index is 2.68. The Hall–Kier alpha value is -1.53. The van der Waals surface area contributed by atoms with E-state index in [1.54, 1.807) is 0 Å². The molecule has 0 aromatic heterocycles. The zero-order valence-electron chi connectivity index (χ0n) is 9.81. The average Bonchev–Trinajstić information content (AvgIpc) is 2.35. The predicted octanol–water partition coefficient (Wildman–Crippen LogP) is 2.78. The summed E-state index contributed by atoms with van der Waals surface area (Å²) >= 11 is 0. The van der Waals surface area contributed by atoms with E-state index in [4.69, 9.17) is 15.7 Å². The monoisotopic (exact) mass is 218 g/mol. The van der Waals surface area contributed by atoms with E-state index in [1.165, 1.54) is 0 Å². The third-order valence-electron chi connectivity index (χ3n) is 2.54. The van der Waals surface area contributed by atoms with Crippen LogP contribution in [0.25, 0.3) is 0 Å². The van der Waals surface area contributed by atoms with Gasteiger partial charge < -0.3 is 10.5 Å². The van der Waals surface area contributed by atoms with E-state index < -0.39 is 0 Å². The molecule has 1 aromatic rings. The van der Waals surface area contributed by atoms with Gasteiger partial charge in [0.25, 0.3) is 0 Å². The molecule has 0 heterocycles. The molecule has 0 aliphatic carbocycles. The highest BCUT2D eigenvalue weighted by molar-refractivity contribution is 5.29. The van der Waals surface area contributed by atoms with Crippen molar-refractivity contribution in [1.82, 2.24) is 0 Å². The molecule has 0 aliphatic rings. The maximum Gasteiger partial charge on any atom is 0.184 e. The number of benzene rings is 1. The summed E-state index contributed by atoms with van der Waals surface area (Å²) in [7, 11) is 0. The van der Waals surface area contributed by atoms with Crippen LogP contribution >= 0.6 is 0 Å². The minimum Gasteiger partial charge on any atom is -0.476 e. The van der Waals surface area contributed by atoms with Gasteiger partial charge in [-0.05, 0) is 30.5 Å². The zero-order valence-corrected chi connectivity index (χ0v) is 9.81. The Kier molecular flexibility index (Phi) is 4.81. The number of nitrogens with zero attached hydrogens (tertiary/aromatic N) is 1. The van der Waals surface area contributed by atoms with Crippen molar-refractivity contribution in [3.05, 3.63) is 29.8 Å². The fraction of sp³-hybridized carbons (Fsp3) is 0.462. The minimum atomic E-state index is -0.370. The quantitative estimate of drug-likeness (QED) is 0.826. The Bertz CT molecular complexity index is 353. The molecule has 0 aliphatic heterocycles. The van der Waals surface area contributed by atoms with Crippen molar-refractivity contribution in [2.24, 2.45) is 5.73 Å². The van der Waals surface area contributed by atoms with Crippen molar-refractivity contribution >= 4 is 0 Å². The third-order valence-corrected chi connectivity index (χ3v) is 2.54. The van der Waals surface area contributed by atoms with Crippen LogP contribution in [0.4, 0.5) is 0 Å². The Morgan fingerprint density at radius 2 is 1.88 bits per heavy atom. The smallest absolute Gasteiger partial charge is 0.184 e. The third kappa shape index (κ3) is 3.25. The van der Waals surface area contributed by atoms with E-state index >= 15 is 0 Å². The highest BCUT2D eigenvalue weighted by Gasteiger charge is 2.07. The summed E-state index contributed by atoms with van der Waals surface area (Å²) in [5.41, 5.74) is 7.00. The standard InChI is InChI=1S/C13H18N2O/c1-3-11(9-14)16-12-7-5-10(6-8-12)13(15)4-2/h5-8,11,13H,3-4,15H2,1-2H3/t11?,13-/m0/s1. The van der Waals surface area contributed by atoms with Crippen molar-refractivity contribution in [2.75, 3.05) is 0 Å². The fourth-order valence-electron chi connectivity index (χ4n) is 1.39. The molecule has 1 aromatic carbocycles. The summed E-state index contributed by atoms with van der Waals surface area (Å²) in [6, 6.07) is 9.81. The molecule has 1 rings (SSSR count). The average molecular weight is 218 g/mol. The molecule has 3 heteroatoms.